The van der Waals surface area contributed by atoms with Crippen molar-refractivity contribution in [1.82, 2.24) is 10.3 Å². The monoisotopic (exact) mass is 406 g/mol. The van der Waals surface area contributed by atoms with Gasteiger partial charge in [0.1, 0.15) is 6.04 Å². The Morgan fingerprint density at radius 1 is 1.03 bits per heavy atom. The first-order valence-corrected chi connectivity index (χ1v) is 9.43. The van der Waals surface area contributed by atoms with Crippen LogP contribution in [-0.2, 0) is 25.3 Å². The first-order valence-electron chi connectivity index (χ1n) is 9.43. The summed E-state index contributed by atoms with van der Waals surface area (Å²) < 4.78 is 15.3. The molecule has 0 fully saturated rings. The van der Waals surface area contributed by atoms with Crippen molar-refractivity contribution in [1.29, 1.82) is 0 Å². The number of para-hydroxylation sites is 1. The van der Waals surface area contributed by atoms with Crippen LogP contribution in [0.3, 0.4) is 0 Å². The van der Waals surface area contributed by atoms with Crippen molar-refractivity contribution in [2.75, 3.05) is 21.3 Å². The summed E-state index contributed by atoms with van der Waals surface area (Å²) in [7, 11) is 3.96. The van der Waals surface area contributed by atoms with E-state index in [-0.39, 0.29) is 12.3 Å². The van der Waals surface area contributed by atoms with Gasteiger partial charge in [-0.3, -0.25) is 9.78 Å². The summed E-state index contributed by atoms with van der Waals surface area (Å²) in [6, 6.07) is 15.9. The van der Waals surface area contributed by atoms with Crippen LogP contribution in [0.5, 0.6) is 0 Å². The van der Waals surface area contributed by atoms with E-state index in [1.165, 1.54) is 13.3 Å². The van der Waals surface area contributed by atoms with E-state index in [4.69, 9.17) is 14.0 Å². The SMILES string of the molecule is COB(OC)c1ccc(C[C@H](NC(=O)c2cnc3ccccc3c2)C(=O)OC)cc1. The Hall–Kier alpha value is -3.23. The molecule has 154 valence electrons. The van der Waals surface area contributed by atoms with Gasteiger partial charge in [-0.25, -0.2) is 4.79 Å². The Morgan fingerprint density at radius 3 is 2.40 bits per heavy atom. The third kappa shape index (κ3) is 5.03. The zero-order valence-corrected chi connectivity index (χ0v) is 17.1. The molecule has 0 radical (unpaired) electrons. The highest BCUT2D eigenvalue weighted by atomic mass is 16.6. The molecule has 3 aromatic rings. The molecule has 0 bridgehead atoms. The topological polar surface area (TPSA) is 86.8 Å². The average molecular weight is 406 g/mol. The fourth-order valence-corrected chi connectivity index (χ4v) is 3.19. The lowest BCUT2D eigenvalue weighted by Crippen LogP contribution is -2.43. The Labute approximate surface area is 175 Å². The lowest BCUT2D eigenvalue weighted by Gasteiger charge is -2.17. The molecule has 0 aliphatic carbocycles. The molecule has 0 spiro atoms. The van der Waals surface area contributed by atoms with Gasteiger partial charge in [0.15, 0.2) is 0 Å². The molecule has 1 aromatic heterocycles. The fourth-order valence-electron chi connectivity index (χ4n) is 3.19. The molecule has 0 aliphatic rings. The molecule has 7 nitrogen and oxygen atoms in total. The van der Waals surface area contributed by atoms with Gasteiger partial charge >= 0.3 is 13.1 Å². The number of nitrogens with one attached hydrogen (secondary N) is 1. The molecule has 0 saturated carbocycles. The predicted octanol–water partition coefficient (Wildman–Crippen LogP) is 1.74. The van der Waals surface area contributed by atoms with Crippen molar-refractivity contribution >= 4 is 35.4 Å². The molecule has 3 rings (SSSR count). The first kappa shape index (κ1) is 21.5. The molecule has 1 atom stereocenters. The minimum absolute atomic E-state index is 0.282. The Balaban J connectivity index is 1.75. The van der Waals surface area contributed by atoms with Crippen LogP contribution in [0.4, 0.5) is 0 Å². The maximum Gasteiger partial charge on any atom is 0.493 e. The van der Waals surface area contributed by atoms with Crippen molar-refractivity contribution in [2.45, 2.75) is 12.5 Å². The highest BCUT2D eigenvalue weighted by molar-refractivity contribution is 6.61. The molecule has 0 aliphatic heterocycles. The molecule has 1 heterocycles. The zero-order valence-electron chi connectivity index (χ0n) is 17.1. The smallest absolute Gasteiger partial charge is 0.467 e. The van der Waals surface area contributed by atoms with Crippen LogP contribution in [0.2, 0.25) is 0 Å². The number of amides is 1. The summed E-state index contributed by atoms with van der Waals surface area (Å²) in [5.74, 6) is -0.910. The normalized spacial score (nSPS) is 11.7. The highest BCUT2D eigenvalue weighted by Crippen LogP contribution is 2.13. The number of hydrogen-bond acceptors (Lipinski definition) is 6. The predicted molar refractivity (Wildman–Crippen MR) is 115 cm³/mol. The van der Waals surface area contributed by atoms with Crippen molar-refractivity contribution in [3.63, 3.8) is 0 Å². The largest absolute Gasteiger partial charge is 0.493 e. The number of hydrogen-bond donors (Lipinski definition) is 1. The number of benzene rings is 2. The van der Waals surface area contributed by atoms with Gasteiger partial charge in [0.25, 0.3) is 5.91 Å². The van der Waals surface area contributed by atoms with Crippen molar-refractivity contribution in [3.05, 3.63) is 71.9 Å². The van der Waals surface area contributed by atoms with Gasteiger partial charge in [-0.2, -0.15) is 0 Å². The van der Waals surface area contributed by atoms with Crippen LogP contribution >= 0.6 is 0 Å². The number of methoxy groups -OCH3 is 1. The molecule has 1 N–H and O–H groups in total. The van der Waals surface area contributed by atoms with Gasteiger partial charge in [0.05, 0.1) is 18.2 Å². The second-order valence-corrected chi connectivity index (χ2v) is 6.71. The molecule has 0 unspecified atom stereocenters. The van der Waals surface area contributed by atoms with E-state index < -0.39 is 19.1 Å². The van der Waals surface area contributed by atoms with E-state index in [1.807, 2.05) is 48.5 Å². The Kier molecular flexibility index (Phi) is 7.16. The summed E-state index contributed by atoms with van der Waals surface area (Å²) in [4.78, 5) is 29.3. The number of carbonyl (C=O) groups excluding carboxylic acids is 2. The summed E-state index contributed by atoms with van der Waals surface area (Å²) in [5, 5.41) is 3.60. The molecule has 0 saturated heterocycles. The van der Waals surface area contributed by atoms with E-state index in [0.29, 0.717) is 5.56 Å². The third-order valence-electron chi connectivity index (χ3n) is 4.76. The second kappa shape index (κ2) is 10.0. The summed E-state index contributed by atoms with van der Waals surface area (Å²) in [5.41, 5.74) is 2.88. The van der Waals surface area contributed by atoms with E-state index in [0.717, 1.165) is 21.9 Å². The van der Waals surface area contributed by atoms with Crippen LogP contribution in [0.1, 0.15) is 15.9 Å². The first-order chi connectivity index (χ1) is 14.5. The van der Waals surface area contributed by atoms with Crippen molar-refractivity contribution in [3.8, 4) is 0 Å². The van der Waals surface area contributed by atoms with E-state index in [9.17, 15) is 9.59 Å². The number of pyridine rings is 1. The zero-order chi connectivity index (χ0) is 21.5. The number of esters is 1. The average Bonchev–Trinajstić information content (AvgIpc) is 2.79. The summed E-state index contributed by atoms with van der Waals surface area (Å²) >= 11 is 0. The molecule has 2 aromatic carbocycles. The van der Waals surface area contributed by atoms with Gasteiger partial charge in [-0.1, -0.05) is 42.5 Å². The number of ether oxygens (including phenoxy) is 1. The molecular weight excluding hydrogens is 383 g/mol. The quantitative estimate of drug-likeness (QED) is 0.453. The van der Waals surface area contributed by atoms with E-state index in [1.54, 1.807) is 20.3 Å². The summed E-state index contributed by atoms with van der Waals surface area (Å²) in [6.07, 6.45) is 1.78. The number of rotatable bonds is 8. The van der Waals surface area contributed by atoms with Crippen molar-refractivity contribution in [2.24, 2.45) is 0 Å². The lowest BCUT2D eigenvalue weighted by molar-refractivity contribution is -0.142. The number of aromatic nitrogens is 1. The Morgan fingerprint density at radius 2 is 1.73 bits per heavy atom. The van der Waals surface area contributed by atoms with Crippen LogP contribution in [-0.4, -0.2) is 51.4 Å². The van der Waals surface area contributed by atoms with Gasteiger partial charge in [-0.05, 0) is 23.2 Å². The number of nitrogens with zero attached hydrogens (tertiary/aromatic N) is 1. The lowest BCUT2D eigenvalue weighted by atomic mass is 9.78. The third-order valence-corrected chi connectivity index (χ3v) is 4.76. The minimum Gasteiger partial charge on any atom is -0.467 e. The minimum atomic E-state index is -0.833. The standard InChI is InChI=1S/C22H23BN2O5/c1-28-22(27)20(12-15-8-10-18(11-9-15)23(29-2)30-3)25-21(26)17-13-16-6-4-5-7-19(16)24-14-17/h4-11,13-14,20H,12H2,1-3H3,(H,25,26)/t20-/m0/s1. The maximum atomic E-state index is 12.7. The summed E-state index contributed by atoms with van der Waals surface area (Å²) in [6.45, 7) is 0. The highest BCUT2D eigenvalue weighted by Gasteiger charge is 2.24. The second-order valence-electron chi connectivity index (χ2n) is 6.71. The van der Waals surface area contributed by atoms with Crippen molar-refractivity contribution < 1.29 is 23.6 Å². The van der Waals surface area contributed by atoms with E-state index in [2.05, 4.69) is 10.3 Å². The molecule has 1 amide bonds. The number of carbonyl (C=O) groups is 2. The van der Waals surface area contributed by atoms with Crippen LogP contribution in [0, 0.1) is 0 Å². The van der Waals surface area contributed by atoms with Gasteiger partial charge in [0, 0.05) is 32.2 Å². The molecular formula is C22H23BN2O5. The van der Waals surface area contributed by atoms with E-state index >= 15 is 0 Å². The van der Waals surface area contributed by atoms with Crippen LogP contribution in [0.15, 0.2) is 60.8 Å². The maximum absolute atomic E-state index is 12.7. The van der Waals surface area contributed by atoms with Gasteiger partial charge in [0.2, 0.25) is 0 Å². The molecule has 30 heavy (non-hydrogen) atoms. The fraction of sp³-hybridized carbons (Fsp3) is 0.227. The number of fused-ring (bicyclic) bond motifs is 1. The van der Waals surface area contributed by atoms with Gasteiger partial charge < -0.3 is 19.4 Å². The van der Waals surface area contributed by atoms with Crippen LogP contribution < -0.4 is 10.8 Å². The Bertz CT molecular complexity index is 1020. The van der Waals surface area contributed by atoms with Crippen LogP contribution in [0.25, 0.3) is 10.9 Å². The van der Waals surface area contributed by atoms with Gasteiger partial charge in [-0.15, -0.1) is 0 Å². The molecule has 8 heteroatoms.